The van der Waals surface area contributed by atoms with Gasteiger partial charge in [-0.2, -0.15) is 0 Å². The number of benzene rings is 1. The number of aromatic nitrogens is 2. The molecule has 0 amide bonds. The van der Waals surface area contributed by atoms with E-state index in [4.69, 9.17) is 0 Å². The molecular weight excluding hydrogens is 274 g/mol. The molecule has 2 N–H and O–H groups in total. The van der Waals surface area contributed by atoms with E-state index in [2.05, 4.69) is 57.6 Å². The molecule has 4 heteroatoms. The average Bonchev–Trinajstić information content (AvgIpc) is 3.01. The molecule has 0 aliphatic heterocycles. The predicted octanol–water partition coefficient (Wildman–Crippen LogP) is 3.04. The maximum Gasteiger partial charge on any atom is 0.0703 e. The molecule has 3 aromatic rings. The summed E-state index contributed by atoms with van der Waals surface area (Å²) < 4.78 is 2.17. The molecule has 4 nitrogen and oxygen atoms in total. The molecule has 0 saturated heterocycles. The third-order valence-corrected chi connectivity index (χ3v) is 3.58. The number of nitrogens with zero attached hydrogens (tertiary/aromatic N) is 2. The topological polar surface area (TPSA) is 50.1 Å². The second-order valence-electron chi connectivity index (χ2n) is 5.22. The van der Waals surface area contributed by atoms with Crippen LogP contribution in [0.3, 0.4) is 0 Å². The first-order valence-electron chi connectivity index (χ1n) is 7.31. The summed E-state index contributed by atoms with van der Waals surface area (Å²) in [5, 5.41) is 12.6. The lowest BCUT2D eigenvalue weighted by atomic mass is 10.2. The van der Waals surface area contributed by atoms with E-state index in [1.807, 2.05) is 12.1 Å². The summed E-state index contributed by atoms with van der Waals surface area (Å²) in [6, 6.07) is 14.3. The van der Waals surface area contributed by atoms with Crippen molar-refractivity contribution in [3.05, 3.63) is 83.9 Å². The zero-order valence-corrected chi connectivity index (χ0v) is 12.3. The summed E-state index contributed by atoms with van der Waals surface area (Å²) in [6.45, 7) is 1.59. The molecule has 112 valence electrons. The number of pyridine rings is 1. The SMILES string of the molecule is OCc1ccncc1NCc1ccn(Cc2ccccc2)c1. The lowest BCUT2D eigenvalue weighted by Crippen LogP contribution is -2.02. The van der Waals surface area contributed by atoms with Gasteiger partial charge >= 0.3 is 0 Å². The van der Waals surface area contributed by atoms with E-state index in [0.29, 0.717) is 6.54 Å². The van der Waals surface area contributed by atoms with Gasteiger partial charge in [-0.3, -0.25) is 4.98 Å². The van der Waals surface area contributed by atoms with Crippen molar-refractivity contribution in [2.75, 3.05) is 5.32 Å². The van der Waals surface area contributed by atoms with Gasteiger partial charge in [-0.25, -0.2) is 0 Å². The van der Waals surface area contributed by atoms with E-state index in [-0.39, 0.29) is 6.61 Å². The quantitative estimate of drug-likeness (QED) is 0.734. The Kier molecular flexibility index (Phi) is 4.51. The molecule has 22 heavy (non-hydrogen) atoms. The van der Waals surface area contributed by atoms with Gasteiger partial charge in [0.1, 0.15) is 0 Å². The molecule has 0 fully saturated rings. The van der Waals surface area contributed by atoms with Crippen molar-refractivity contribution >= 4 is 5.69 Å². The van der Waals surface area contributed by atoms with Crippen LogP contribution in [0.2, 0.25) is 0 Å². The number of anilines is 1. The summed E-state index contributed by atoms with van der Waals surface area (Å²) in [7, 11) is 0. The first-order chi connectivity index (χ1) is 10.8. The van der Waals surface area contributed by atoms with Gasteiger partial charge < -0.3 is 15.0 Å². The number of nitrogens with one attached hydrogen (secondary N) is 1. The zero-order valence-electron chi connectivity index (χ0n) is 12.3. The molecule has 0 unspecified atom stereocenters. The minimum Gasteiger partial charge on any atom is -0.392 e. The van der Waals surface area contributed by atoms with E-state index < -0.39 is 0 Å². The highest BCUT2D eigenvalue weighted by Crippen LogP contribution is 2.15. The molecule has 0 radical (unpaired) electrons. The van der Waals surface area contributed by atoms with Crippen molar-refractivity contribution in [1.29, 1.82) is 0 Å². The Balaban J connectivity index is 1.62. The van der Waals surface area contributed by atoms with E-state index in [9.17, 15) is 5.11 Å². The maximum absolute atomic E-state index is 9.31. The molecule has 2 aromatic heterocycles. The minimum absolute atomic E-state index is 0.0138. The monoisotopic (exact) mass is 293 g/mol. The van der Waals surface area contributed by atoms with Gasteiger partial charge in [0, 0.05) is 37.2 Å². The summed E-state index contributed by atoms with van der Waals surface area (Å²) in [4.78, 5) is 4.09. The molecular formula is C18H19N3O. The Morgan fingerprint density at radius 1 is 1.05 bits per heavy atom. The molecule has 0 spiro atoms. The molecule has 0 atom stereocenters. The van der Waals surface area contributed by atoms with Crippen molar-refractivity contribution in [3.8, 4) is 0 Å². The van der Waals surface area contributed by atoms with Crippen LogP contribution in [-0.4, -0.2) is 14.7 Å². The second kappa shape index (κ2) is 6.91. The van der Waals surface area contributed by atoms with Crippen molar-refractivity contribution in [2.45, 2.75) is 19.7 Å². The van der Waals surface area contributed by atoms with Crippen LogP contribution in [0.5, 0.6) is 0 Å². The fraction of sp³-hybridized carbons (Fsp3) is 0.167. The fourth-order valence-electron chi connectivity index (χ4n) is 2.41. The van der Waals surface area contributed by atoms with Crippen LogP contribution in [0, 0.1) is 0 Å². The third-order valence-electron chi connectivity index (χ3n) is 3.58. The normalized spacial score (nSPS) is 10.6. The minimum atomic E-state index is 0.0138. The average molecular weight is 293 g/mol. The van der Waals surface area contributed by atoms with Crippen LogP contribution in [0.25, 0.3) is 0 Å². The van der Waals surface area contributed by atoms with E-state index >= 15 is 0 Å². The van der Waals surface area contributed by atoms with E-state index in [0.717, 1.165) is 17.8 Å². The highest BCUT2D eigenvalue weighted by Gasteiger charge is 2.02. The number of aliphatic hydroxyl groups is 1. The summed E-state index contributed by atoms with van der Waals surface area (Å²) in [5.41, 5.74) is 4.22. The lowest BCUT2D eigenvalue weighted by Gasteiger charge is -2.08. The van der Waals surface area contributed by atoms with Crippen LogP contribution in [0.1, 0.15) is 16.7 Å². The second-order valence-corrected chi connectivity index (χ2v) is 5.22. The predicted molar refractivity (Wildman–Crippen MR) is 87.5 cm³/mol. The molecule has 0 saturated carbocycles. The lowest BCUT2D eigenvalue weighted by molar-refractivity contribution is 0.282. The molecule has 0 bridgehead atoms. The summed E-state index contributed by atoms with van der Waals surface area (Å²) >= 11 is 0. The fourth-order valence-corrected chi connectivity index (χ4v) is 2.41. The number of aliphatic hydroxyl groups excluding tert-OH is 1. The van der Waals surface area contributed by atoms with Gasteiger partial charge in [0.15, 0.2) is 0 Å². The Labute approximate surface area is 130 Å². The van der Waals surface area contributed by atoms with Gasteiger partial charge in [0.25, 0.3) is 0 Å². The van der Waals surface area contributed by atoms with Crippen molar-refractivity contribution in [2.24, 2.45) is 0 Å². The summed E-state index contributed by atoms with van der Waals surface area (Å²) in [6.07, 6.45) is 7.65. The highest BCUT2D eigenvalue weighted by molar-refractivity contribution is 5.48. The van der Waals surface area contributed by atoms with Gasteiger partial charge in [0.05, 0.1) is 18.5 Å². The molecule has 1 aromatic carbocycles. The standard InChI is InChI=1S/C18H19N3O/c22-14-17-6-8-19-11-18(17)20-10-16-7-9-21(13-16)12-15-4-2-1-3-5-15/h1-9,11,13,20,22H,10,12,14H2. The number of hydrogen-bond donors (Lipinski definition) is 2. The van der Waals surface area contributed by atoms with E-state index in [1.54, 1.807) is 12.4 Å². The Hall–Kier alpha value is -2.59. The third kappa shape index (κ3) is 3.54. The Bertz CT molecular complexity index is 722. The van der Waals surface area contributed by atoms with Gasteiger partial charge in [-0.15, -0.1) is 0 Å². The highest BCUT2D eigenvalue weighted by atomic mass is 16.3. The van der Waals surface area contributed by atoms with Gasteiger partial charge in [-0.1, -0.05) is 30.3 Å². The van der Waals surface area contributed by atoms with Crippen LogP contribution in [-0.2, 0) is 19.7 Å². The van der Waals surface area contributed by atoms with Crippen LogP contribution >= 0.6 is 0 Å². The Morgan fingerprint density at radius 3 is 2.73 bits per heavy atom. The molecule has 0 aliphatic rings. The molecule has 0 aliphatic carbocycles. The zero-order chi connectivity index (χ0) is 15.2. The first-order valence-corrected chi connectivity index (χ1v) is 7.31. The summed E-state index contributed by atoms with van der Waals surface area (Å²) in [5.74, 6) is 0. The maximum atomic E-state index is 9.31. The molecule has 3 rings (SSSR count). The van der Waals surface area contributed by atoms with Crippen molar-refractivity contribution < 1.29 is 5.11 Å². The van der Waals surface area contributed by atoms with Crippen molar-refractivity contribution in [1.82, 2.24) is 9.55 Å². The smallest absolute Gasteiger partial charge is 0.0703 e. The van der Waals surface area contributed by atoms with Crippen LogP contribution in [0.15, 0.2) is 67.3 Å². The van der Waals surface area contributed by atoms with Crippen LogP contribution in [0.4, 0.5) is 5.69 Å². The van der Waals surface area contributed by atoms with Crippen LogP contribution < -0.4 is 5.32 Å². The van der Waals surface area contributed by atoms with Gasteiger partial charge in [0.2, 0.25) is 0 Å². The van der Waals surface area contributed by atoms with Gasteiger partial charge in [-0.05, 0) is 23.3 Å². The largest absolute Gasteiger partial charge is 0.392 e. The number of rotatable bonds is 6. The number of hydrogen-bond acceptors (Lipinski definition) is 3. The Morgan fingerprint density at radius 2 is 1.91 bits per heavy atom. The van der Waals surface area contributed by atoms with E-state index in [1.165, 1.54) is 11.1 Å². The molecule has 2 heterocycles. The first kappa shape index (κ1) is 14.4. The van der Waals surface area contributed by atoms with Crippen molar-refractivity contribution in [3.63, 3.8) is 0 Å².